The smallest absolute Gasteiger partial charge is 0.459 e. The van der Waals surface area contributed by atoms with Gasteiger partial charge in [0.2, 0.25) is 5.91 Å². The quantitative estimate of drug-likeness (QED) is 0.641. The molecule has 160 valence electrons. The largest absolute Gasteiger partial charge is 0.471 e. The Bertz CT molecular complexity index is 858. The maximum Gasteiger partial charge on any atom is 0.471 e. The Labute approximate surface area is 171 Å². The van der Waals surface area contributed by atoms with E-state index in [4.69, 9.17) is 4.74 Å². The number of nitrogens with one attached hydrogen (secondary N) is 2. The molecule has 2 aromatic rings. The summed E-state index contributed by atoms with van der Waals surface area (Å²) in [5, 5.41) is 3.92. The number of hydrogen-bond donors (Lipinski definition) is 2. The number of rotatable bonds is 8. The third-order valence-corrected chi connectivity index (χ3v) is 4.11. The highest BCUT2D eigenvalue weighted by Gasteiger charge is 2.40. The molecule has 2 atom stereocenters. The van der Waals surface area contributed by atoms with Crippen LogP contribution in [0.15, 0.2) is 60.7 Å². The Morgan fingerprint density at radius 3 is 1.97 bits per heavy atom. The lowest BCUT2D eigenvalue weighted by Crippen LogP contribution is -2.53. The van der Waals surface area contributed by atoms with E-state index >= 15 is 0 Å². The molecule has 0 radical (unpaired) electrons. The molecule has 0 fully saturated rings. The topological polar surface area (TPSA) is 84.5 Å². The summed E-state index contributed by atoms with van der Waals surface area (Å²) >= 11 is 0. The SMILES string of the molecule is C[C@H](NC(=O)C(F)(F)F)C(=O)N[C@@H](Cc1ccccc1)C(=O)OCc1ccccc1. The average Bonchev–Trinajstić information content (AvgIpc) is 2.72. The second-order valence-corrected chi connectivity index (χ2v) is 6.54. The number of carbonyl (C=O) groups is 3. The van der Waals surface area contributed by atoms with E-state index in [1.807, 2.05) is 0 Å². The number of alkyl halides is 3. The van der Waals surface area contributed by atoms with E-state index in [0.717, 1.165) is 12.5 Å². The van der Waals surface area contributed by atoms with Crippen LogP contribution in [0, 0.1) is 0 Å². The van der Waals surface area contributed by atoms with Crippen LogP contribution in [-0.4, -0.2) is 36.0 Å². The predicted molar refractivity (Wildman–Crippen MR) is 102 cm³/mol. The molecule has 0 spiro atoms. The first kappa shape index (κ1) is 22.9. The van der Waals surface area contributed by atoms with Gasteiger partial charge in [0.1, 0.15) is 18.7 Å². The van der Waals surface area contributed by atoms with Crippen molar-refractivity contribution in [2.24, 2.45) is 0 Å². The minimum atomic E-state index is -5.12. The molecule has 0 saturated heterocycles. The molecule has 0 aliphatic carbocycles. The van der Waals surface area contributed by atoms with Crippen molar-refractivity contribution in [3.05, 3.63) is 71.8 Å². The average molecular weight is 422 g/mol. The molecule has 2 N–H and O–H groups in total. The summed E-state index contributed by atoms with van der Waals surface area (Å²) in [5.74, 6) is -3.92. The molecule has 30 heavy (non-hydrogen) atoms. The van der Waals surface area contributed by atoms with Crippen LogP contribution >= 0.6 is 0 Å². The Balaban J connectivity index is 2.05. The van der Waals surface area contributed by atoms with E-state index in [-0.39, 0.29) is 13.0 Å². The highest BCUT2D eigenvalue weighted by molar-refractivity contribution is 5.91. The van der Waals surface area contributed by atoms with Crippen molar-refractivity contribution in [2.45, 2.75) is 38.2 Å². The third-order valence-electron chi connectivity index (χ3n) is 4.11. The van der Waals surface area contributed by atoms with Crippen molar-refractivity contribution in [3.8, 4) is 0 Å². The molecule has 9 heteroatoms. The van der Waals surface area contributed by atoms with Gasteiger partial charge in [-0.1, -0.05) is 60.7 Å². The highest BCUT2D eigenvalue weighted by atomic mass is 19.4. The summed E-state index contributed by atoms with van der Waals surface area (Å²) in [7, 11) is 0. The highest BCUT2D eigenvalue weighted by Crippen LogP contribution is 2.14. The van der Waals surface area contributed by atoms with Crippen molar-refractivity contribution in [1.29, 1.82) is 0 Å². The van der Waals surface area contributed by atoms with Gasteiger partial charge in [-0.25, -0.2) is 4.79 Å². The van der Waals surface area contributed by atoms with Crippen LogP contribution in [0.25, 0.3) is 0 Å². The first-order valence-electron chi connectivity index (χ1n) is 9.09. The third kappa shape index (κ3) is 7.23. The molecule has 2 amide bonds. The number of carbonyl (C=O) groups excluding carboxylic acids is 3. The van der Waals surface area contributed by atoms with Crippen molar-refractivity contribution in [1.82, 2.24) is 10.6 Å². The summed E-state index contributed by atoms with van der Waals surface area (Å²) in [6.45, 7) is 1.06. The molecule has 0 bridgehead atoms. The summed E-state index contributed by atoms with van der Waals surface area (Å²) < 4.78 is 42.4. The van der Waals surface area contributed by atoms with E-state index in [2.05, 4.69) is 5.32 Å². The molecule has 2 rings (SSSR count). The Morgan fingerprint density at radius 1 is 0.900 bits per heavy atom. The molecular weight excluding hydrogens is 401 g/mol. The zero-order valence-electron chi connectivity index (χ0n) is 16.1. The normalized spacial score (nSPS) is 13.1. The number of amides is 2. The van der Waals surface area contributed by atoms with Crippen LogP contribution in [0.5, 0.6) is 0 Å². The number of benzene rings is 2. The van der Waals surface area contributed by atoms with Gasteiger partial charge in [0.25, 0.3) is 0 Å². The fraction of sp³-hybridized carbons (Fsp3) is 0.286. The second-order valence-electron chi connectivity index (χ2n) is 6.54. The molecule has 0 aromatic heterocycles. The lowest BCUT2D eigenvalue weighted by molar-refractivity contribution is -0.174. The summed E-state index contributed by atoms with van der Waals surface area (Å²) in [6, 6.07) is 15.0. The molecule has 0 saturated carbocycles. The van der Waals surface area contributed by atoms with E-state index in [9.17, 15) is 27.6 Å². The van der Waals surface area contributed by atoms with Crippen LogP contribution in [0.4, 0.5) is 13.2 Å². The predicted octanol–water partition coefficient (Wildman–Crippen LogP) is 2.52. The van der Waals surface area contributed by atoms with Crippen LogP contribution in [0.2, 0.25) is 0 Å². The van der Waals surface area contributed by atoms with Gasteiger partial charge in [-0.2, -0.15) is 13.2 Å². The van der Waals surface area contributed by atoms with Gasteiger partial charge in [0.05, 0.1) is 0 Å². The fourth-order valence-corrected chi connectivity index (χ4v) is 2.51. The number of esters is 1. The van der Waals surface area contributed by atoms with Gasteiger partial charge in [-0.15, -0.1) is 0 Å². The van der Waals surface area contributed by atoms with Gasteiger partial charge in [0.15, 0.2) is 0 Å². The van der Waals surface area contributed by atoms with Gasteiger partial charge in [-0.05, 0) is 18.1 Å². The van der Waals surface area contributed by atoms with Crippen LogP contribution in [0.1, 0.15) is 18.1 Å². The lowest BCUT2D eigenvalue weighted by atomic mass is 10.1. The van der Waals surface area contributed by atoms with Crippen LogP contribution < -0.4 is 10.6 Å². The summed E-state index contributed by atoms with van der Waals surface area (Å²) in [4.78, 5) is 35.9. The number of halogens is 3. The summed E-state index contributed by atoms with van der Waals surface area (Å²) in [6.07, 6.45) is -5.05. The van der Waals surface area contributed by atoms with Crippen molar-refractivity contribution in [2.75, 3.05) is 0 Å². The number of hydrogen-bond acceptors (Lipinski definition) is 4. The molecule has 0 heterocycles. The molecular formula is C21H21F3N2O4. The standard InChI is InChI=1S/C21H21F3N2O4/c1-14(25-20(29)21(22,23)24)18(27)26-17(12-15-8-4-2-5-9-15)19(28)30-13-16-10-6-3-7-11-16/h2-11,14,17H,12-13H2,1H3,(H,25,29)(H,26,27)/t14-,17-/m0/s1. The van der Waals surface area contributed by atoms with Crippen LogP contribution in [0.3, 0.4) is 0 Å². The maximum atomic E-state index is 12.6. The van der Waals surface area contributed by atoms with E-state index in [1.165, 1.54) is 0 Å². The maximum absolute atomic E-state index is 12.6. The lowest BCUT2D eigenvalue weighted by Gasteiger charge is -2.21. The van der Waals surface area contributed by atoms with E-state index < -0.39 is 36.0 Å². The molecule has 2 aromatic carbocycles. The van der Waals surface area contributed by atoms with E-state index in [1.54, 1.807) is 66.0 Å². The molecule has 0 aliphatic rings. The van der Waals surface area contributed by atoms with Crippen molar-refractivity contribution < 1.29 is 32.3 Å². The van der Waals surface area contributed by atoms with Crippen molar-refractivity contribution >= 4 is 17.8 Å². The molecule has 6 nitrogen and oxygen atoms in total. The number of ether oxygens (including phenoxy) is 1. The molecule has 0 aliphatic heterocycles. The summed E-state index contributed by atoms with van der Waals surface area (Å²) in [5.41, 5.74) is 1.45. The Hall–Kier alpha value is -3.36. The monoisotopic (exact) mass is 422 g/mol. The van der Waals surface area contributed by atoms with E-state index in [0.29, 0.717) is 5.56 Å². The zero-order chi connectivity index (χ0) is 22.1. The first-order chi connectivity index (χ1) is 14.2. The second kappa shape index (κ2) is 10.4. The van der Waals surface area contributed by atoms with Crippen LogP contribution in [-0.2, 0) is 32.1 Å². The Kier molecular flexibility index (Phi) is 7.97. The zero-order valence-corrected chi connectivity index (χ0v) is 16.1. The minimum Gasteiger partial charge on any atom is -0.459 e. The van der Waals surface area contributed by atoms with Gasteiger partial charge in [0, 0.05) is 6.42 Å². The van der Waals surface area contributed by atoms with Gasteiger partial charge in [-0.3, -0.25) is 9.59 Å². The molecule has 0 unspecified atom stereocenters. The van der Waals surface area contributed by atoms with Crippen molar-refractivity contribution in [3.63, 3.8) is 0 Å². The van der Waals surface area contributed by atoms with Gasteiger partial charge < -0.3 is 15.4 Å². The fourth-order valence-electron chi connectivity index (χ4n) is 2.51. The first-order valence-corrected chi connectivity index (χ1v) is 9.09. The Morgan fingerprint density at radius 2 is 1.43 bits per heavy atom. The van der Waals surface area contributed by atoms with Gasteiger partial charge >= 0.3 is 18.1 Å². The minimum absolute atomic E-state index is 0.0266.